The number of benzene rings is 2. The van der Waals surface area contributed by atoms with Gasteiger partial charge in [0.1, 0.15) is 24.7 Å². The molecule has 154 valence electrons. The molecule has 0 unspecified atom stereocenters. The van der Waals surface area contributed by atoms with Crippen molar-refractivity contribution in [3.63, 3.8) is 0 Å². The van der Waals surface area contributed by atoms with E-state index >= 15 is 0 Å². The maximum Gasteiger partial charge on any atom is 0.119 e. The number of ether oxygens (including phenoxy) is 3. The Morgan fingerprint density at radius 2 is 1.18 bits per heavy atom. The summed E-state index contributed by atoms with van der Waals surface area (Å²) in [6, 6.07) is 15.8. The van der Waals surface area contributed by atoms with Crippen LogP contribution in [0.25, 0.3) is 0 Å². The van der Waals surface area contributed by atoms with Gasteiger partial charge in [0.25, 0.3) is 0 Å². The number of anilines is 1. The number of nitrogen functional groups attached to an aromatic ring is 1. The number of rotatable bonds is 15. The highest BCUT2D eigenvalue weighted by molar-refractivity contribution is 5.41. The highest BCUT2D eigenvalue weighted by Gasteiger charge is 1.98. The molecular formula is C24H35NO3. The van der Waals surface area contributed by atoms with E-state index in [0.29, 0.717) is 26.4 Å². The van der Waals surface area contributed by atoms with Gasteiger partial charge in [-0.15, -0.1) is 0 Å². The number of hydrogen-bond acceptors (Lipinski definition) is 4. The van der Waals surface area contributed by atoms with Gasteiger partial charge in [0.15, 0.2) is 0 Å². The molecule has 0 bridgehead atoms. The summed E-state index contributed by atoms with van der Waals surface area (Å²) >= 11 is 0. The van der Waals surface area contributed by atoms with E-state index in [1.165, 1.54) is 44.1 Å². The molecule has 0 heterocycles. The lowest BCUT2D eigenvalue weighted by Crippen LogP contribution is -2.12. The summed E-state index contributed by atoms with van der Waals surface area (Å²) in [6.45, 7) is 4.39. The molecule has 4 nitrogen and oxygen atoms in total. The number of nitrogens with two attached hydrogens (primary N) is 1. The highest BCUT2D eigenvalue weighted by atomic mass is 16.5. The molecule has 2 rings (SSSR count). The van der Waals surface area contributed by atoms with Crippen LogP contribution in [0.4, 0.5) is 5.69 Å². The second-order valence-electron chi connectivity index (χ2n) is 7.04. The second kappa shape index (κ2) is 13.9. The standard InChI is InChI=1S/C24H35NO3/c1-2-3-4-5-6-7-8-21-9-13-23(14-10-21)27-19-17-26-18-20-28-24-15-11-22(25)12-16-24/h9-16H,2-8,17-20,25H2,1H3. The summed E-state index contributed by atoms with van der Waals surface area (Å²) < 4.78 is 16.8. The summed E-state index contributed by atoms with van der Waals surface area (Å²) in [5.74, 6) is 1.70. The molecule has 0 aromatic heterocycles. The summed E-state index contributed by atoms with van der Waals surface area (Å²) in [6.07, 6.45) is 9.17. The van der Waals surface area contributed by atoms with Gasteiger partial charge < -0.3 is 19.9 Å². The third-order valence-electron chi connectivity index (χ3n) is 4.62. The van der Waals surface area contributed by atoms with Crippen LogP contribution in [0.1, 0.15) is 51.0 Å². The fraction of sp³-hybridized carbons (Fsp3) is 0.500. The maximum absolute atomic E-state index is 5.73. The van der Waals surface area contributed by atoms with Crippen LogP contribution in [0, 0.1) is 0 Å². The van der Waals surface area contributed by atoms with Gasteiger partial charge in [0, 0.05) is 5.69 Å². The zero-order chi connectivity index (χ0) is 19.9. The van der Waals surface area contributed by atoms with Crippen LogP contribution in [0.3, 0.4) is 0 Å². The third-order valence-corrected chi connectivity index (χ3v) is 4.62. The molecular weight excluding hydrogens is 350 g/mol. The second-order valence-corrected chi connectivity index (χ2v) is 7.04. The molecule has 0 aliphatic carbocycles. The van der Waals surface area contributed by atoms with E-state index in [1.54, 1.807) is 0 Å². The zero-order valence-electron chi connectivity index (χ0n) is 17.2. The fourth-order valence-electron chi connectivity index (χ4n) is 2.96. The lowest BCUT2D eigenvalue weighted by molar-refractivity contribution is 0.0764. The Morgan fingerprint density at radius 3 is 1.79 bits per heavy atom. The van der Waals surface area contributed by atoms with Crippen LogP contribution in [0.5, 0.6) is 11.5 Å². The van der Waals surface area contributed by atoms with Crippen molar-refractivity contribution in [3.8, 4) is 11.5 Å². The topological polar surface area (TPSA) is 53.7 Å². The predicted octanol–water partition coefficient (Wildman–Crippen LogP) is 5.65. The molecule has 0 atom stereocenters. The molecule has 28 heavy (non-hydrogen) atoms. The van der Waals surface area contributed by atoms with Crippen molar-refractivity contribution in [3.05, 3.63) is 54.1 Å². The van der Waals surface area contributed by atoms with Gasteiger partial charge in [0.2, 0.25) is 0 Å². The molecule has 2 aromatic rings. The van der Waals surface area contributed by atoms with Crippen LogP contribution < -0.4 is 15.2 Å². The molecule has 0 fully saturated rings. The molecule has 0 saturated carbocycles. The SMILES string of the molecule is CCCCCCCCc1ccc(OCCOCCOc2ccc(N)cc2)cc1. The van der Waals surface area contributed by atoms with Gasteiger partial charge in [-0.1, -0.05) is 51.2 Å². The Bertz CT molecular complexity index is 625. The first-order chi connectivity index (χ1) is 13.8. The summed E-state index contributed by atoms with van der Waals surface area (Å²) in [4.78, 5) is 0. The monoisotopic (exact) mass is 385 g/mol. The lowest BCUT2D eigenvalue weighted by Gasteiger charge is -2.09. The van der Waals surface area contributed by atoms with Crippen LogP contribution in [-0.2, 0) is 11.2 Å². The Morgan fingerprint density at radius 1 is 0.643 bits per heavy atom. The molecule has 0 radical (unpaired) electrons. The van der Waals surface area contributed by atoms with E-state index in [1.807, 2.05) is 24.3 Å². The maximum atomic E-state index is 5.73. The molecule has 2 aromatic carbocycles. The van der Waals surface area contributed by atoms with E-state index in [0.717, 1.165) is 23.6 Å². The zero-order valence-corrected chi connectivity index (χ0v) is 17.2. The Hall–Kier alpha value is -2.20. The van der Waals surface area contributed by atoms with Gasteiger partial charge in [-0.25, -0.2) is 0 Å². The summed E-state index contributed by atoms with van der Waals surface area (Å²) in [7, 11) is 0. The van der Waals surface area contributed by atoms with Crippen molar-refractivity contribution >= 4 is 5.69 Å². The first kappa shape index (κ1) is 22.1. The van der Waals surface area contributed by atoms with E-state index in [2.05, 4.69) is 31.2 Å². The van der Waals surface area contributed by atoms with E-state index in [4.69, 9.17) is 19.9 Å². The largest absolute Gasteiger partial charge is 0.491 e. The quantitative estimate of drug-likeness (QED) is 0.318. The van der Waals surface area contributed by atoms with Crippen LogP contribution in [-0.4, -0.2) is 26.4 Å². The Kier molecular flexibility index (Phi) is 11.0. The van der Waals surface area contributed by atoms with Crippen molar-refractivity contribution in [2.24, 2.45) is 0 Å². The molecule has 0 amide bonds. The van der Waals surface area contributed by atoms with Crippen LogP contribution in [0.15, 0.2) is 48.5 Å². The van der Waals surface area contributed by atoms with Gasteiger partial charge in [-0.2, -0.15) is 0 Å². The number of aryl methyl sites for hydroxylation is 1. The molecule has 2 N–H and O–H groups in total. The van der Waals surface area contributed by atoms with Crippen LogP contribution in [0.2, 0.25) is 0 Å². The van der Waals surface area contributed by atoms with E-state index in [-0.39, 0.29) is 0 Å². The average molecular weight is 386 g/mol. The first-order valence-corrected chi connectivity index (χ1v) is 10.6. The predicted molar refractivity (Wildman–Crippen MR) is 116 cm³/mol. The van der Waals surface area contributed by atoms with Crippen molar-refractivity contribution in [2.75, 3.05) is 32.2 Å². The average Bonchev–Trinajstić information content (AvgIpc) is 2.72. The van der Waals surface area contributed by atoms with Crippen molar-refractivity contribution in [1.82, 2.24) is 0 Å². The lowest BCUT2D eigenvalue weighted by atomic mass is 10.0. The molecule has 0 aliphatic rings. The Balaban J connectivity index is 1.48. The summed E-state index contributed by atoms with van der Waals surface area (Å²) in [5.41, 5.74) is 7.76. The first-order valence-electron chi connectivity index (χ1n) is 10.6. The van der Waals surface area contributed by atoms with Crippen molar-refractivity contribution < 1.29 is 14.2 Å². The van der Waals surface area contributed by atoms with Gasteiger partial charge in [-0.3, -0.25) is 0 Å². The molecule has 0 saturated heterocycles. The smallest absolute Gasteiger partial charge is 0.119 e. The van der Waals surface area contributed by atoms with Crippen molar-refractivity contribution in [1.29, 1.82) is 0 Å². The van der Waals surface area contributed by atoms with Gasteiger partial charge in [0.05, 0.1) is 13.2 Å². The molecule has 0 spiro atoms. The van der Waals surface area contributed by atoms with E-state index in [9.17, 15) is 0 Å². The van der Waals surface area contributed by atoms with E-state index < -0.39 is 0 Å². The van der Waals surface area contributed by atoms with Crippen LogP contribution >= 0.6 is 0 Å². The minimum absolute atomic E-state index is 0.511. The van der Waals surface area contributed by atoms with Gasteiger partial charge >= 0.3 is 0 Å². The van der Waals surface area contributed by atoms with Gasteiger partial charge in [-0.05, 0) is 54.8 Å². The Labute approximate surface area is 170 Å². The minimum atomic E-state index is 0.511. The fourth-order valence-corrected chi connectivity index (χ4v) is 2.96. The molecule has 4 heteroatoms. The normalized spacial score (nSPS) is 10.8. The third kappa shape index (κ3) is 9.65. The van der Waals surface area contributed by atoms with Crippen molar-refractivity contribution in [2.45, 2.75) is 51.9 Å². The summed E-state index contributed by atoms with van der Waals surface area (Å²) in [5, 5.41) is 0. The number of hydrogen-bond donors (Lipinski definition) is 1. The minimum Gasteiger partial charge on any atom is -0.491 e. The number of unbranched alkanes of at least 4 members (excludes halogenated alkanes) is 5. The molecule has 0 aliphatic heterocycles. The highest BCUT2D eigenvalue weighted by Crippen LogP contribution is 2.15.